The first-order chi connectivity index (χ1) is 13.5. The average molecular weight is 404 g/mol. The van der Waals surface area contributed by atoms with Crippen LogP contribution in [0.25, 0.3) is 0 Å². The lowest BCUT2D eigenvalue weighted by atomic mass is 9.92. The molecule has 5 amide bonds. The van der Waals surface area contributed by atoms with E-state index in [-0.39, 0.29) is 31.1 Å². The van der Waals surface area contributed by atoms with Crippen LogP contribution in [-0.4, -0.2) is 58.8 Å². The lowest BCUT2D eigenvalue weighted by molar-refractivity contribution is -0.141. The summed E-state index contributed by atoms with van der Waals surface area (Å²) in [6.45, 7) is 8.54. The molecule has 0 radical (unpaired) electrons. The maximum absolute atomic E-state index is 13.0. The molecule has 1 aliphatic heterocycles. The fraction of sp³-hybridized carbons (Fsp3) is 0.500. The molecule has 1 aromatic rings. The molecular weight excluding hydrogens is 376 g/mol. The SMILES string of the molecule is CC(C)N(C(=O)CN1C(=O)N[C@@](C)(c2ccc(OCC(N)=O)cc2)C1=O)C(C)C. The molecule has 1 atom stereocenters. The minimum Gasteiger partial charge on any atom is -0.484 e. The van der Waals surface area contributed by atoms with Crippen LogP contribution in [0.3, 0.4) is 0 Å². The summed E-state index contributed by atoms with van der Waals surface area (Å²) >= 11 is 0. The summed E-state index contributed by atoms with van der Waals surface area (Å²) in [4.78, 5) is 51.6. The highest BCUT2D eigenvalue weighted by molar-refractivity contribution is 6.09. The third kappa shape index (κ3) is 4.67. The Labute approximate surface area is 170 Å². The van der Waals surface area contributed by atoms with Crippen LogP contribution in [-0.2, 0) is 19.9 Å². The van der Waals surface area contributed by atoms with E-state index in [1.54, 1.807) is 36.1 Å². The first kappa shape index (κ1) is 22.2. The monoisotopic (exact) mass is 404 g/mol. The Morgan fingerprint density at radius 3 is 2.17 bits per heavy atom. The molecule has 29 heavy (non-hydrogen) atoms. The smallest absolute Gasteiger partial charge is 0.325 e. The van der Waals surface area contributed by atoms with Crippen LogP contribution in [0.5, 0.6) is 5.75 Å². The van der Waals surface area contributed by atoms with Crippen molar-refractivity contribution in [2.75, 3.05) is 13.2 Å². The minimum atomic E-state index is -1.31. The van der Waals surface area contributed by atoms with E-state index in [1.165, 1.54) is 0 Å². The number of amides is 5. The van der Waals surface area contributed by atoms with E-state index in [4.69, 9.17) is 10.5 Å². The number of urea groups is 1. The number of carbonyl (C=O) groups is 4. The first-order valence-corrected chi connectivity index (χ1v) is 9.44. The van der Waals surface area contributed by atoms with Crippen LogP contribution in [0.15, 0.2) is 24.3 Å². The molecule has 9 nitrogen and oxygen atoms in total. The third-order valence-corrected chi connectivity index (χ3v) is 4.78. The predicted molar refractivity (Wildman–Crippen MR) is 106 cm³/mol. The summed E-state index contributed by atoms with van der Waals surface area (Å²) in [5.41, 5.74) is 4.27. The number of nitrogens with zero attached hydrogens (tertiary/aromatic N) is 2. The number of hydrogen-bond acceptors (Lipinski definition) is 5. The molecule has 0 unspecified atom stereocenters. The van der Waals surface area contributed by atoms with Gasteiger partial charge in [0.15, 0.2) is 6.61 Å². The molecule has 3 N–H and O–H groups in total. The van der Waals surface area contributed by atoms with Gasteiger partial charge in [-0.2, -0.15) is 0 Å². The molecule has 1 saturated heterocycles. The summed E-state index contributed by atoms with van der Waals surface area (Å²) in [6.07, 6.45) is 0. The van der Waals surface area contributed by atoms with Crippen LogP contribution in [0.4, 0.5) is 4.79 Å². The molecule has 0 aromatic heterocycles. The summed E-state index contributed by atoms with van der Waals surface area (Å²) in [5, 5.41) is 2.67. The topological polar surface area (TPSA) is 122 Å². The van der Waals surface area contributed by atoms with E-state index in [0.717, 1.165) is 4.90 Å². The number of nitrogens with two attached hydrogens (primary N) is 1. The van der Waals surface area contributed by atoms with Gasteiger partial charge in [0.1, 0.15) is 17.8 Å². The van der Waals surface area contributed by atoms with E-state index in [0.29, 0.717) is 11.3 Å². The van der Waals surface area contributed by atoms with E-state index in [2.05, 4.69) is 5.32 Å². The number of hydrogen-bond donors (Lipinski definition) is 2. The Hall–Kier alpha value is -3.10. The average Bonchev–Trinajstić information content (AvgIpc) is 2.84. The zero-order valence-corrected chi connectivity index (χ0v) is 17.4. The van der Waals surface area contributed by atoms with Crippen molar-refractivity contribution in [3.05, 3.63) is 29.8 Å². The van der Waals surface area contributed by atoms with Crippen LogP contribution in [0.2, 0.25) is 0 Å². The molecule has 0 spiro atoms. The van der Waals surface area contributed by atoms with Crippen molar-refractivity contribution in [2.45, 2.75) is 52.2 Å². The Morgan fingerprint density at radius 1 is 1.14 bits per heavy atom. The van der Waals surface area contributed by atoms with E-state index in [9.17, 15) is 19.2 Å². The van der Waals surface area contributed by atoms with Crippen molar-refractivity contribution >= 4 is 23.8 Å². The Morgan fingerprint density at radius 2 is 1.69 bits per heavy atom. The van der Waals surface area contributed by atoms with Gasteiger partial charge in [-0.1, -0.05) is 12.1 Å². The van der Waals surface area contributed by atoms with Crippen molar-refractivity contribution < 1.29 is 23.9 Å². The molecule has 1 aliphatic rings. The molecule has 2 rings (SSSR count). The fourth-order valence-corrected chi connectivity index (χ4v) is 3.46. The normalized spacial score (nSPS) is 18.9. The largest absolute Gasteiger partial charge is 0.484 e. The molecule has 1 aromatic carbocycles. The quantitative estimate of drug-likeness (QED) is 0.625. The highest BCUT2D eigenvalue weighted by Gasteiger charge is 2.49. The Balaban J connectivity index is 2.18. The van der Waals surface area contributed by atoms with Gasteiger partial charge in [-0.25, -0.2) is 4.79 Å². The van der Waals surface area contributed by atoms with E-state index < -0.39 is 23.4 Å². The highest BCUT2D eigenvalue weighted by Crippen LogP contribution is 2.30. The summed E-state index contributed by atoms with van der Waals surface area (Å²) in [6, 6.07) is 5.67. The number of benzene rings is 1. The summed E-state index contributed by atoms with van der Waals surface area (Å²) < 4.78 is 5.20. The number of rotatable bonds is 8. The van der Waals surface area contributed by atoms with Crippen LogP contribution < -0.4 is 15.8 Å². The molecular formula is C20H28N4O5. The lowest BCUT2D eigenvalue weighted by Crippen LogP contribution is -2.49. The maximum atomic E-state index is 13.0. The van der Waals surface area contributed by atoms with Gasteiger partial charge >= 0.3 is 6.03 Å². The second-order valence-corrected chi connectivity index (χ2v) is 7.71. The fourth-order valence-electron chi connectivity index (χ4n) is 3.46. The highest BCUT2D eigenvalue weighted by atomic mass is 16.5. The third-order valence-electron chi connectivity index (χ3n) is 4.78. The second kappa shape index (κ2) is 8.50. The van der Waals surface area contributed by atoms with Gasteiger partial charge in [0.2, 0.25) is 5.91 Å². The first-order valence-electron chi connectivity index (χ1n) is 9.44. The Bertz CT molecular complexity index is 798. The Kier molecular flexibility index (Phi) is 6.51. The number of carbonyl (C=O) groups excluding carboxylic acids is 4. The number of ether oxygens (including phenoxy) is 1. The van der Waals surface area contributed by atoms with Gasteiger partial charge in [-0.15, -0.1) is 0 Å². The molecule has 1 fully saturated rings. The van der Waals surface area contributed by atoms with Crippen molar-refractivity contribution in [2.24, 2.45) is 5.73 Å². The van der Waals surface area contributed by atoms with Gasteiger partial charge in [-0.05, 0) is 52.3 Å². The van der Waals surface area contributed by atoms with E-state index >= 15 is 0 Å². The van der Waals surface area contributed by atoms with Crippen LogP contribution in [0.1, 0.15) is 40.2 Å². The number of primary amides is 1. The van der Waals surface area contributed by atoms with Gasteiger partial charge in [0.25, 0.3) is 11.8 Å². The molecule has 158 valence electrons. The van der Waals surface area contributed by atoms with Crippen molar-refractivity contribution in [3.8, 4) is 5.75 Å². The van der Waals surface area contributed by atoms with Crippen molar-refractivity contribution in [1.29, 1.82) is 0 Å². The van der Waals surface area contributed by atoms with Crippen LogP contribution in [0, 0.1) is 0 Å². The standard InChI is InChI=1S/C20H28N4O5/c1-12(2)24(13(3)4)17(26)10-23-18(27)20(5,22-19(23)28)14-6-8-15(9-7-14)29-11-16(21)25/h6-9,12-13H,10-11H2,1-5H3,(H2,21,25)(H,22,28)/t20-/m0/s1. The maximum Gasteiger partial charge on any atom is 0.325 e. The summed E-state index contributed by atoms with van der Waals surface area (Å²) in [7, 11) is 0. The number of imide groups is 1. The number of nitrogens with one attached hydrogen (secondary N) is 1. The zero-order valence-electron chi connectivity index (χ0n) is 17.4. The van der Waals surface area contributed by atoms with Crippen molar-refractivity contribution in [1.82, 2.24) is 15.1 Å². The lowest BCUT2D eigenvalue weighted by Gasteiger charge is -2.32. The van der Waals surface area contributed by atoms with Gasteiger partial charge in [-0.3, -0.25) is 19.3 Å². The molecule has 0 aliphatic carbocycles. The van der Waals surface area contributed by atoms with Gasteiger partial charge in [0.05, 0.1) is 0 Å². The van der Waals surface area contributed by atoms with Gasteiger partial charge in [0, 0.05) is 12.1 Å². The minimum absolute atomic E-state index is 0.0532. The van der Waals surface area contributed by atoms with E-state index in [1.807, 2.05) is 27.7 Å². The molecule has 9 heteroatoms. The van der Waals surface area contributed by atoms with Crippen LogP contribution >= 0.6 is 0 Å². The summed E-state index contributed by atoms with van der Waals surface area (Å²) in [5.74, 6) is -0.993. The zero-order chi connectivity index (χ0) is 21.9. The predicted octanol–water partition coefficient (Wildman–Crippen LogP) is 0.963. The van der Waals surface area contributed by atoms with Crippen molar-refractivity contribution in [3.63, 3.8) is 0 Å². The van der Waals surface area contributed by atoms with Gasteiger partial charge < -0.3 is 20.7 Å². The molecule has 0 bridgehead atoms. The molecule has 0 saturated carbocycles. The molecule has 1 heterocycles. The second-order valence-electron chi connectivity index (χ2n) is 7.71.